The summed E-state index contributed by atoms with van der Waals surface area (Å²) in [5.74, 6) is 5.68. The number of hydroxylamine groups is 2. The van der Waals surface area contributed by atoms with E-state index in [2.05, 4.69) is 16.8 Å². The summed E-state index contributed by atoms with van der Waals surface area (Å²) in [7, 11) is 1.69. The number of nitrogens with zero attached hydrogens (tertiary/aromatic N) is 2. The summed E-state index contributed by atoms with van der Waals surface area (Å²) in [6, 6.07) is 9.05. The zero-order chi connectivity index (χ0) is 17.1. The van der Waals surface area contributed by atoms with Gasteiger partial charge in [-0.05, 0) is 12.1 Å². The lowest BCUT2D eigenvalue weighted by Crippen LogP contribution is -2.33. The van der Waals surface area contributed by atoms with Gasteiger partial charge in [0.15, 0.2) is 6.23 Å². The Hall–Kier alpha value is -2.66. The number of rotatable bonds is 2. The number of hydrogen-bond donors (Lipinski definition) is 2. The first-order valence-electron chi connectivity index (χ1n) is 7.51. The fourth-order valence-corrected chi connectivity index (χ4v) is 2.51. The van der Waals surface area contributed by atoms with Crippen LogP contribution in [0.2, 0.25) is 0 Å². The van der Waals surface area contributed by atoms with Crippen molar-refractivity contribution in [3.05, 3.63) is 68.5 Å². The number of aromatic amines is 1. The highest BCUT2D eigenvalue weighted by atomic mass is 16.7. The highest BCUT2D eigenvalue weighted by Gasteiger charge is 2.32. The minimum atomic E-state index is -0.589. The van der Waals surface area contributed by atoms with Crippen molar-refractivity contribution >= 4 is 0 Å². The van der Waals surface area contributed by atoms with Crippen LogP contribution in [-0.2, 0) is 4.84 Å². The maximum Gasteiger partial charge on any atom is 0.330 e. The van der Waals surface area contributed by atoms with Gasteiger partial charge in [-0.25, -0.2) is 4.79 Å². The molecule has 1 aliphatic heterocycles. The van der Waals surface area contributed by atoms with Gasteiger partial charge in [-0.1, -0.05) is 30.0 Å². The van der Waals surface area contributed by atoms with E-state index < -0.39 is 17.5 Å². The molecule has 0 aliphatic carbocycles. The zero-order valence-electron chi connectivity index (χ0n) is 13.1. The molecule has 0 bridgehead atoms. The Labute approximate surface area is 138 Å². The van der Waals surface area contributed by atoms with Gasteiger partial charge >= 0.3 is 5.69 Å². The number of aromatic nitrogens is 2. The molecule has 2 atom stereocenters. The van der Waals surface area contributed by atoms with E-state index in [1.54, 1.807) is 7.05 Å². The summed E-state index contributed by atoms with van der Waals surface area (Å²) < 4.78 is 1.29. The second-order valence-corrected chi connectivity index (χ2v) is 5.50. The third-order valence-corrected chi connectivity index (χ3v) is 3.88. The zero-order valence-corrected chi connectivity index (χ0v) is 13.1. The topological polar surface area (TPSA) is 87.6 Å². The van der Waals surface area contributed by atoms with Crippen LogP contribution in [0.4, 0.5) is 0 Å². The normalized spacial score (nSPS) is 20.6. The van der Waals surface area contributed by atoms with Gasteiger partial charge in [0.25, 0.3) is 5.56 Å². The number of H-pyrrole nitrogens is 1. The molecule has 7 nitrogen and oxygen atoms in total. The number of hydrogen-bond acceptors (Lipinski definition) is 5. The first-order chi connectivity index (χ1) is 11.6. The molecule has 0 spiro atoms. The fraction of sp³-hybridized carbons (Fsp3) is 0.294. The van der Waals surface area contributed by atoms with Gasteiger partial charge in [0, 0.05) is 25.2 Å². The molecular formula is C17H17N3O4. The number of aliphatic hydroxyl groups excluding tert-OH is 1. The molecule has 2 aromatic rings. The van der Waals surface area contributed by atoms with Gasteiger partial charge in [-0.15, -0.1) is 0 Å². The molecule has 2 heterocycles. The maximum atomic E-state index is 12.1. The first kappa shape index (κ1) is 16.2. The van der Waals surface area contributed by atoms with Crippen molar-refractivity contribution in [1.29, 1.82) is 0 Å². The number of likely N-dealkylation sites (N-methyl/N-ethyl adjacent to an activating group) is 1. The van der Waals surface area contributed by atoms with Crippen LogP contribution >= 0.6 is 0 Å². The van der Waals surface area contributed by atoms with Gasteiger partial charge < -0.3 is 5.11 Å². The smallest absolute Gasteiger partial charge is 0.330 e. The molecule has 0 saturated carbocycles. The van der Waals surface area contributed by atoms with E-state index in [1.807, 2.05) is 30.3 Å². The lowest BCUT2D eigenvalue weighted by atomic mass is 10.2. The Morgan fingerprint density at radius 1 is 1.29 bits per heavy atom. The molecule has 3 rings (SSSR count). The van der Waals surface area contributed by atoms with E-state index in [0.717, 1.165) is 5.56 Å². The van der Waals surface area contributed by atoms with Crippen molar-refractivity contribution in [3.8, 4) is 11.8 Å². The van der Waals surface area contributed by atoms with E-state index in [1.165, 1.54) is 15.8 Å². The Morgan fingerprint density at radius 3 is 2.71 bits per heavy atom. The van der Waals surface area contributed by atoms with Crippen molar-refractivity contribution < 1.29 is 9.94 Å². The summed E-state index contributed by atoms with van der Waals surface area (Å²) in [5.41, 5.74) is -0.156. The van der Waals surface area contributed by atoms with Crippen LogP contribution < -0.4 is 11.2 Å². The van der Waals surface area contributed by atoms with Crippen molar-refractivity contribution in [2.75, 3.05) is 13.7 Å². The summed E-state index contributed by atoms with van der Waals surface area (Å²) in [5, 5.41) is 10.8. The molecule has 24 heavy (non-hydrogen) atoms. The van der Waals surface area contributed by atoms with Gasteiger partial charge in [0.1, 0.15) is 5.56 Å². The van der Waals surface area contributed by atoms with E-state index in [0.29, 0.717) is 6.42 Å². The molecule has 2 unspecified atom stereocenters. The summed E-state index contributed by atoms with van der Waals surface area (Å²) in [6.07, 6.45) is 1.24. The summed E-state index contributed by atoms with van der Waals surface area (Å²) in [6.45, 7) is -0.0776. The summed E-state index contributed by atoms with van der Waals surface area (Å²) in [4.78, 5) is 31.8. The van der Waals surface area contributed by atoms with Crippen LogP contribution in [0.25, 0.3) is 0 Å². The van der Waals surface area contributed by atoms with Crippen molar-refractivity contribution in [2.45, 2.75) is 18.7 Å². The lowest BCUT2D eigenvalue weighted by molar-refractivity contribution is -0.170. The van der Waals surface area contributed by atoms with E-state index in [4.69, 9.17) is 4.84 Å². The monoisotopic (exact) mass is 327 g/mol. The van der Waals surface area contributed by atoms with Crippen LogP contribution in [0.1, 0.15) is 23.8 Å². The van der Waals surface area contributed by atoms with Gasteiger partial charge in [-0.2, -0.15) is 5.06 Å². The van der Waals surface area contributed by atoms with Crippen LogP contribution in [0.3, 0.4) is 0 Å². The van der Waals surface area contributed by atoms with Crippen LogP contribution in [-0.4, -0.2) is 39.4 Å². The van der Waals surface area contributed by atoms with Crippen LogP contribution in [0, 0.1) is 11.8 Å². The molecule has 1 aliphatic rings. The average molecular weight is 327 g/mol. The molecule has 2 N–H and O–H groups in total. The molecule has 1 saturated heterocycles. The first-order valence-corrected chi connectivity index (χ1v) is 7.51. The highest BCUT2D eigenvalue weighted by Crippen LogP contribution is 2.25. The van der Waals surface area contributed by atoms with Crippen molar-refractivity contribution in [1.82, 2.24) is 14.6 Å². The number of aliphatic hydroxyl groups is 1. The van der Waals surface area contributed by atoms with Gasteiger partial charge in [0.2, 0.25) is 0 Å². The molecule has 1 fully saturated rings. The molecular weight excluding hydrogens is 310 g/mol. The average Bonchev–Trinajstić information content (AvgIpc) is 2.95. The van der Waals surface area contributed by atoms with Crippen LogP contribution in [0.15, 0.2) is 46.1 Å². The molecule has 0 radical (unpaired) electrons. The molecule has 124 valence electrons. The molecule has 1 aromatic carbocycles. The highest BCUT2D eigenvalue weighted by molar-refractivity contribution is 5.40. The Morgan fingerprint density at radius 2 is 2.04 bits per heavy atom. The van der Waals surface area contributed by atoms with Gasteiger partial charge in [-0.3, -0.25) is 19.2 Å². The molecule has 1 aromatic heterocycles. The molecule has 7 heteroatoms. The third kappa shape index (κ3) is 3.31. The maximum absolute atomic E-state index is 12.1. The van der Waals surface area contributed by atoms with E-state index >= 15 is 0 Å². The lowest BCUT2D eigenvalue weighted by Gasteiger charge is -2.15. The number of nitrogens with one attached hydrogen (secondary N) is 1. The quantitative estimate of drug-likeness (QED) is 0.762. The minimum absolute atomic E-state index is 0.0776. The van der Waals surface area contributed by atoms with Crippen molar-refractivity contribution in [3.63, 3.8) is 0 Å². The second-order valence-electron chi connectivity index (χ2n) is 5.50. The number of benzene rings is 1. The Kier molecular flexibility index (Phi) is 4.62. The Balaban J connectivity index is 1.94. The SMILES string of the molecule is CN1OC(n2cc(C#Cc3ccccc3)c(=O)[nH]c2=O)CC1CO. The van der Waals surface area contributed by atoms with Crippen molar-refractivity contribution in [2.24, 2.45) is 0 Å². The largest absolute Gasteiger partial charge is 0.395 e. The fourth-order valence-electron chi connectivity index (χ4n) is 2.51. The third-order valence-electron chi connectivity index (χ3n) is 3.88. The standard InChI is InChI=1S/C17H17N3O4/c1-19-14(11-21)9-15(24-19)20-10-13(16(22)18-17(20)23)8-7-12-5-3-2-4-6-12/h2-6,10,14-15,21H,9,11H2,1H3,(H,18,22,23). The summed E-state index contributed by atoms with van der Waals surface area (Å²) >= 11 is 0. The molecule has 0 amide bonds. The van der Waals surface area contributed by atoms with E-state index in [9.17, 15) is 14.7 Å². The van der Waals surface area contributed by atoms with E-state index in [-0.39, 0.29) is 18.2 Å². The Bertz CT molecular complexity index is 892. The van der Waals surface area contributed by atoms with Gasteiger partial charge in [0.05, 0.1) is 12.6 Å². The minimum Gasteiger partial charge on any atom is -0.395 e. The predicted molar refractivity (Wildman–Crippen MR) is 87.1 cm³/mol. The second kappa shape index (κ2) is 6.84. The predicted octanol–water partition coefficient (Wildman–Crippen LogP) is 0.0630. The van der Waals surface area contributed by atoms with Crippen LogP contribution in [0.5, 0.6) is 0 Å².